The largest absolute Gasteiger partial charge is 0.311 e. The quantitative estimate of drug-likeness (QED) is 0.148. The van der Waals surface area contributed by atoms with Gasteiger partial charge in [-0.05, 0) is 117 Å². The number of rotatable bonds is 9. The first kappa shape index (κ1) is 28.4. The van der Waals surface area contributed by atoms with Gasteiger partial charge < -0.3 is 9.80 Å². The topological polar surface area (TPSA) is 6.48 Å². The minimum Gasteiger partial charge on any atom is -0.311 e. The lowest BCUT2D eigenvalue weighted by Gasteiger charge is -2.26. The Kier molecular flexibility index (Phi) is 7.81. The van der Waals surface area contributed by atoms with Crippen LogP contribution in [0.4, 0.5) is 34.1 Å². The Balaban J connectivity index is 1.04. The number of hydrogen-bond acceptors (Lipinski definition) is 2. The first-order valence-electron chi connectivity index (χ1n) is 20.1. The molecule has 0 aliphatic carbocycles. The van der Waals surface area contributed by atoms with Crippen LogP contribution in [0.1, 0.15) is 5.48 Å². The molecule has 0 saturated heterocycles. The van der Waals surface area contributed by atoms with E-state index in [1.54, 1.807) is 0 Å². The fourth-order valence-electron chi connectivity index (χ4n) is 7.05. The minimum absolute atomic E-state index is 0.0941. The van der Waals surface area contributed by atoms with Crippen LogP contribution >= 0.6 is 0 Å². The Hall–Kier alpha value is -7.16. The van der Waals surface area contributed by atoms with Gasteiger partial charge in [-0.25, -0.2) is 0 Å². The Morgan fingerprint density at radius 3 is 1.15 bits per heavy atom. The van der Waals surface area contributed by atoms with Crippen molar-refractivity contribution >= 4 is 44.9 Å². The molecule has 0 unspecified atom stereocenters. The average molecular weight is 695 g/mol. The monoisotopic (exact) mass is 694 g/mol. The molecule has 0 saturated carbocycles. The van der Waals surface area contributed by atoms with Crippen LogP contribution in [0.25, 0.3) is 44.2 Å². The molecule has 54 heavy (non-hydrogen) atoms. The molecular formula is C52H38N2. The molecule has 9 aromatic rings. The third kappa shape index (κ3) is 6.65. The van der Waals surface area contributed by atoms with Gasteiger partial charge in [0.1, 0.15) is 0 Å². The van der Waals surface area contributed by atoms with Crippen molar-refractivity contribution < 1.29 is 5.48 Å². The lowest BCUT2D eigenvalue weighted by molar-refractivity contribution is 1.28. The normalized spacial score (nSPS) is 12.0. The summed E-state index contributed by atoms with van der Waals surface area (Å²) in [6, 6.07) is 68.6. The summed E-state index contributed by atoms with van der Waals surface area (Å²) in [5.41, 5.74) is 9.88. The Morgan fingerprint density at radius 1 is 0.259 bits per heavy atom. The van der Waals surface area contributed by atoms with Gasteiger partial charge in [0, 0.05) is 34.1 Å². The van der Waals surface area contributed by atoms with Gasteiger partial charge in [0.2, 0.25) is 0 Å². The number of hydrogen-bond donors (Lipinski definition) is 0. The molecule has 0 atom stereocenters. The zero-order valence-corrected chi connectivity index (χ0v) is 29.5. The zero-order chi connectivity index (χ0) is 39.6. The first-order valence-corrected chi connectivity index (χ1v) is 18.1. The number of anilines is 6. The summed E-state index contributed by atoms with van der Waals surface area (Å²) in [4.78, 5) is 4.04. The summed E-state index contributed by atoms with van der Waals surface area (Å²) in [6.45, 7) is 0. The summed E-state index contributed by atoms with van der Waals surface area (Å²) >= 11 is 0. The molecule has 2 nitrogen and oxygen atoms in total. The predicted molar refractivity (Wildman–Crippen MR) is 230 cm³/mol. The highest BCUT2D eigenvalue weighted by Gasteiger charge is 2.15. The van der Waals surface area contributed by atoms with Crippen LogP contribution in [0, 0.1) is 0 Å². The summed E-state index contributed by atoms with van der Waals surface area (Å²) in [5, 5.41) is 2.32. The second kappa shape index (κ2) is 14.8. The maximum Gasteiger partial charge on any atom is 0.0645 e. The van der Waals surface area contributed by atoms with Crippen LogP contribution in [0.2, 0.25) is 0 Å². The van der Waals surface area contributed by atoms with Crippen LogP contribution in [-0.4, -0.2) is 0 Å². The number of para-hydroxylation sites is 3. The third-order valence-electron chi connectivity index (χ3n) is 9.74. The van der Waals surface area contributed by atoms with E-state index >= 15 is 0 Å². The van der Waals surface area contributed by atoms with Crippen LogP contribution in [-0.2, 0) is 0 Å². The SMILES string of the molecule is [2H]c1c([2H])c(N(c2ccccc2)c2ccc(-c3cccc4ccccc34)cc2)c([2H])c([2H])c1-c1ccc(-c2ccc(N(c3ccccc3)c3ccccc3)cc2)cc1. The second-order valence-electron chi connectivity index (χ2n) is 13.1. The van der Waals surface area contributed by atoms with E-state index in [4.69, 9.17) is 0 Å². The molecule has 0 aliphatic heterocycles. The highest BCUT2D eigenvalue weighted by Crippen LogP contribution is 2.39. The first-order chi connectivity index (χ1) is 28.5. The van der Waals surface area contributed by atoms with Crippen molar-refractivity contribution in [2.24, 2.45) is 0 Å². The molecule has 0 bridgehead atoms. The number of nitrogens with zero attached hydrogens (tertiary/aromatic N) is 2. The van der Waals surface area contributed by atoms with Crippen molar-refractivity contribution in [2.75, 3.05) is 9.80 Å². The van der Waals surface area contributed by atoms with Crippen molar-refractivity contribution in [1.29, 1.82) is 0 Å². The van der Waals surface area contributed by atoms with Gasteiger partial charge in [-0.3, -0.25) is 0 Å². The summed E-state index contributed by atoms with van der Waals surface area (Å²) in [5.74, 6) is 0. The van der Waals surface area contributed by atoms with E-state index < -0.39 is 0 Å². The van der Waals surface area contributed by atoms with Crippen molar-refractivity contribution in [3.63, 3.8) is 0 Å². The van der Waals surface area contributed by atoms with E-state index in [-0.39, 0.29) is 35.4 Å². The molecule has 0 heterocycles. The molecule has 0 N–H and O–H groups in total. The molecule has 2 heteroatoms. The van der Waals surface area contributed by atoms with E-state index in [1.807, 2.05) is 120 Å². The van der Waals surface area contributed by atoms with Gasteiger partial charge in [0.15, 0.2) is 0 Å². The van der Waals surface area contributed by atoms with Crippen molar-refractivity contribution in [1.82, 2.24) is 0 Å². The van der Waals surface area contributed by atoms with Gasteiger partial charge in [-0.1, -0.05) is 158 Å². The fraction of sp³-hybridized carbons (Fsp3) is 0. The molecule has 256 valence electrons. The summed E-state index contributed by atoms with van der Waals surface area (Å²) < 4.78 is 37.2. The van der Waals surface area contributed by atoms with Gasteiger partial charge in [-0.15, -0.1) is 0 Å². The fourth-order valence-corrected chi connectivity index (χ4v) is 7.05. The number of benzene rings is 9. The molecule has 0 aliphatic rings. The molecular weight excluding hydrogens is 653 g/mol. The van der Waals surface area contributed by atoms with Gasteiger partial charge in [-0.2, -0.15) is 0 Å². The van der Waals surface area contributed by atoms with E-state index in [9.17, 15) is 5.48 Å². The highest BCUT2D eigenvalue weighted by atomic mass is 15.1. The molecule has 0 aromatic heterocycles. The lowest BCUT2D eigenvalue weighted by Crippen LogP contribution is -2.09. The molecule has 0 fully saturated rings. The lowest BCUT2D eigenvalue weighted by atomic mass is 9.98. The molecule has 0 spiro atoms. The van der Waals surface area contributed by atoms with Crippen LogP contribution < -0.4 is 9.80 Å². The van der Waals surface area contributed by atoms with Crippen molar-refractivity contribution in [3.05, 3.63) is 230 Å². The Bertz CT molecular complexity index is 2770. The van der Waals surface area contributed by atoms with Gasteiger partial charge in [0.05, 0.1) is 5.48 Å². The van der Waals surface area contributed by atoms with E-state index in [1.165, 1.54) is 0 Å². The number of fused-ring (bicyclic) bond motifs is 1. The maximum absolute atomic E-state index is 9.34. The van der Waals surface area contributed by atoms with E-state index in [0.717, 1.165) is 61.5 Å². The molecule has 9 aromatic carbocycles. The van der Waals surface area contributed by atoms with Gasteiger partial charge in [0.25, 0.3) is 0 Å². The Morgan fingerprint density at radius 2 is 0.630 bits per heavy atom. The third-order valence-corrected chi connectivity index (χ3v) is 9.74. The molecule has 9 rings (SSSR count). The van der Waals surface area contributed by atoms with Crippen molar-refractivity contribution in [2.45, 2.75) is 0 Å². The smallest absolute Gasteiger partial charge is 0.0645 e. The standard InChI is InChI=1S/C52H38N2/c1-4-15-45(16-5-1)53(46-17-6-2-7-18-46)48-33-27-41(28-34-48)39-23-25-40(26-24-39)42-29-35-49(36-30-42)54(47-19-8-3-9-20-47)50-37-31-44(32-38-50)52-22-12-14-43-13-10-11-21-51(43)52/h1-38H/i29D,30D,35D,36D. The zero-order valence-electron chi connectivity index (χ0n) is 33.5. The van der Waals surface area contributed by atoms with E-state index in [0.29, 0.717) is 5.56 Å². The molecule has 0 radical (unpaired) electrons. The van der Waals surface area contributed by atoms with Crippen LogP contribution in [0.3, 0.4) is 0 Å². The van der Waals surface area contributed by atoms with Crippen molar-refractivity contribution in [3.8, 4) is 33.4 Å². The second-order valence-corrected chi connectivity index (χ2v) is 13.1. The van der Waals surface area contributed by atoms with Gasteiger partial charge >= 0.3 is 0 Å². The van der Waals surface area contributed by atoms with Crippen LogP contribution in [0.5, 0.6) is 0 Å². The predicted octanol–water partition coefficient (Wildman–Crippen LogP) is 14.8. The van der Waals surface area contributed by atoms with Crippen LogP contribution in [0.15, 0.2) is 230 Å². The average Bonchev–Trinajstić information content (AvgIpc) is 3.29. The summed E-state index contributed by atoms with van der Waals surface area (Å²) in [6.07, 6.45) is 0. The molecule has 0 amide bonds. The maximum atomic E-state index is 9.34. The minimum atomic E-state index is -0.112. The Labute approximate surface area is 323 Å². The van der Waals surface area contributed by atoms with E-state index in [2.05, 4.69) is 95.9 Å². The summed E-state index contributed by atoms with van der Waals surface area (Å²) in [7, 11) is 0. The highest BCUT2D eigenvalue weighted by molar-refractivity contribution is 5.97.